The van der Waals surface area contributed by atoms with Gasteiger partial charge in [-0.2, -0.15) is 5.10 Å². The van der Waals surface area contributed by atoms with Gasteiger partial charge < -0.3 is 15.4 Å². The Balaban J connectivity index is 1.54. The second-order valence-corrected chi connectivity index (χ2v) is 12.8. The average molecular weight is 644 g/mol. The number of carbonyl (C=O) groups excluding carboxylic acids is 2. The second kappa shape index (κ2) is 18.4. The number of nitrogens with one attached hydrogen (secondary N) is 2. The molecular weight excluding hydrogens is 590 g/mol. The quantitative estimate of drug-likeness (QED) is 0.268. The lowest BCUT2D eigenvalue weighted by atomic mass is 10.1. The van der Waals surface area contributed by atoms with E-state index in [1.165, 1.54) is 6.42 Å². The van der Waals surface area contributed by atoms with Gasteiger partial charge in [-0.25, -0.2) is 0 Å². The lowest BCUT2D eigenvalue weighted by molar-refractivity contribution is -0.121. The zero-order valence-corrected chi connectivity index (χ0v) is 28.9. The number of nitrogens with zero attached hydrogens (tertiary/aromatic N) is 5. The topological polar surface area (TPSA) is 113 Å². The van der Waals surface area contributed by atoms with Gasteiger partial charge in [0.2, 0.25) is 5.91 Å². The summed E-state index contributed by atoms with van der Waals surface area (Å²) in [5, 5.41) is 10.8. The number of piperidine rings is 1. The molecule has 0 radical (unpaired) electrons. The minimum Gasteiger partial charge on any atom is -0.381 e. The van der Waals surface area contributed by atoms with Crippen molar-refractivity contribution >= 4 is 29.9 Å². The first-order chi connectivity index (χ1) is 22.8. The highest BCUT2D eigenvalue weighted by atomic mass is 16.5. The van der Waals surface area contributed by atoms with Crippen LogP contribution in [0.3, 0.4) is 0 Å². The van der Waals surface area contributed by atoms with Crippen molar-refractivity contribution in [1.82, 2.24) is 25.3 Å². The summed E-state index contributed by atoms with van der Waals surface area (Å²) in [7, 11) is 0. The number of likely N-dealkylation sites (tertiary alicyclic amines) is 1. The van der Waals surface area contributed by atoms with Crippen LogP contribution in [-0.2, 0) is 14.3 Å². The number of amides is 2. The molecule has 3 aliphatic heterocycles. The van der Waals surface area contributed by atoms with Crippen LogP contribution in [0.1, 0.15) is 97.6 Å². The molecule has 0 saturated carbocycles. The number of unbranched alkanes of at least 4 members (excludes halogenated alkanes) is 1. The van der Waals surface area contributed by atoms with Gasteiger partial charge in [-0.15, -0.1) is 0 Å². The summed E-state index contributed by atoms with van der Waals surface area (Å²) in [6.07, 6.45) is 23.1. The Morgan fingerprint density at radius 2 is 1.83 bits per heavy atom. The first-order valence-electron chi connectivity index (χ1n) is 17.3. The van der Waals surface area contributed by atoms with Crippen molar-refractivity contribution in [1.29, 1.82) is 0 Å². The summed E-state index contributed by atoms with van der Waals surface area (Å²) < 4.78 is 7.53. The third-order valence-electron chi connectivity index (χ3n) is 8.63. The highest BCUT2D eigenvalue weighted by molar-refractivity contribution is 6.17. The predicted molar refractivity (Wildman–Crippen MR) is 190 cm³/mol. The molecule has 10 nitrogen and oxygen atoms in total. The number of ether oxygens (including phenoxy) is 1. The maximum Gasteiger partial charge on any atom is 0.257 e. The van der Waals surface area contributed by atoms with E-state index < -0.39 is 0 Å². The standard InChI is InChI=1S/C37H53N7O3/c1-6-8-10-13-31(41-36(45)26-43-16-11-9-12-17-43)21-34(27(3)4)42-37(46)33-24-38-30(7-2)20-35(39-22-28(33)5)29-23-40-44(25-29)32-14-18-47-19-15-32/h10,13,20-25,30,32H,6-9,11-12,14-19,26H2,1-5H3,(H,41,45)(H,42,46)/b13-10+,31-21+,33-28-,35-20?,38-24?,39-22?. The monoisotopic (exact) mass is 643 g/mol. The van der Waals surface area contributed by atoms with Crippen molar-refractivity contribution in [3.63, 3.8) is 0 Å². The Kier molecular flexibility index (Phi) is 14.1. The van der Waals surface area contributed by atoms with Crippen LogP contribution in [0, 0.1) is 0 Å². The minimum absolute atomic E-state index is 0.0518. The van der Waals surface area contributed by atoms with Crippen LogP contribution in [0.5, 0.6) is 0 Å². The smallest absolute Gasteiger partial charge is 0.257 e. The normalized spacial score (nSPS) is 21.6. The molecule has 2 fully saturated rings. The summed E-state index contributed by atoms with van der Waals surface area (Å²) >= 11 is 0. The van der Waals surface area contributed by atoms with Gasteiger partial charge in [-0.1, -0.05) is 38.3 Å². The molecule has 3 aliphatic rings. The summed E-state index contributed by atoms with van der Waals surface area (Å²) in [4.78, 5) is 38.6. The van der Waals surface area contributed by atoms with Crippen LogP contribution < -0.4 is 10.6 Å². The number of aromatic nitrogens is 2. The SMILES string of the molecule is CCC/C=C/C(=C\C(NC(=O)/C1=C(/C)C=NC(c2cnn(C3CCOCC3)c2)=CC(CC)N=C1)=C(C)C)NC(=O)CN1CCCCC1. The van der Waals surface area contributed by atoms with E-state index >= 15 is 0 Å². The fourth-order valence-corrected chi connectivity index (χ4v) is 5.70. The number of rotatable bonds is 12. The van der Waals surface area contributed by atoms with E-state index in [9.17, 15) is 9.59 Å². The number of carbonyl (C=O) groups is 2. The van der Waals surface area contributed by atoms with Gasteiger partial charge in [-0.3, -0.25) is 29.2 Å². The van der Waals surface area contributed by atoms with Gasteiger partial charge in [0, 0.05) is 48.8 Å². The largest absolute Gasteiger partial charge is 0.381 e. The highest BCUT2D eigenvalue weighted by Crippen LogP contribution is 2.25. The fourth-order valence-electron chi connectivity index (χ4n) is 5.70. The molecule has 10 heteroatoms. The molecule has 4 rings (SSSR count). The van der Waals surface area contributed by atoms with Crippen molar-refractivity contribution in [2.24, 2.45) is 9.98 Å². The fraction of sp³-hybridized carbons (Fsp3) is 0.541. The van der Waals surface area contributed by atoms with E-state index in [1.54, 1.807) is 12.4 Å². The lowest BCUT2D eigenvalue weighted by Crippen LogP contribution is -2.39. The van der Waals surface area contributed by atoms with Gasteiger partial charge >= 0.3 is 0 Å². The number of allylic oxidation sites excluding steroid dienone is 5. The van der Waals surface area contributed by atoms with Crippen molar-refractivity contribution < 1.29 is 14.3 Å². The number of aliphatic imine (C=N–C) groups is 2. The van der Waals surface area contributed by atoms with Crippen molar-refractivity contribution in [3.8, 4) is 0 Å². The van der Waals surface area contributed by atoms with Gasteiger partial charge in [0.15, 0.2) is 0 Å². The minimum atomic E-state index is -0.285. The Bertz CT molecular complexity index is 1440. The molecule has 1 aromatic heterocycles. The van der Waals surface area contributed by atoms with Crippen LogP contribution in [-0.4, -0.2) is 77.8 Å². The molecule has 1 aromatic rings. The van der Waals surface area contributed by atoms with Gasteiger partial charge in [0.05, 0.1) is 36.1 Å². The Morgan fingerprint density at radius 3 is 2.53 bits per heavy atom. The van der Waals surface area contributed by atoms with E-state index in [4.69, 9.17) is 14.7 Å². The molecule has 254 valence electrons. The van der Waals surface area contributed by atoms with Crippen molar-refractivity contribution in [2.75, 3.05) is 32.8 Å². The van der Waals surface area contributed by atoms with Crippen LogP contribution in [0.2, 0.25) is 0 Å². The van der Waals surface area contributed by atoms with Crippen LogP contribution in [0.25, 0.3) is 5.70 Å². The molecule has 47 heavy (non-hydrogen) atoms. The van der Waals surface area contributed by atoms with E-state index in [0.717, 1.165) is 88.1 Å². The summed E-state index contributed by atoms with van der Waals surface area (Å²) in [6.45, 7) is 13.7. The molecule has 0 bridgehead atoms. The summed E-state index contributed by atoms with van der Waals surface area (Å²) in [5.41, 5.74) is 5.02. The van der Waals surface area contributed by atoms with E-state index in [1.807, 2.05) is 62.2 Å². The van der Waals surface area contributed by atoms with E-state index in [2.05, 4.69) is 34.5 Å². The lowest BCUT2D eigenvalue weighted by Gasteiger charge is -2.25. The van der Waals surface area contributed by atoms with Gasteiger partial charge in [0.25, 0.3) is 5.91 Å². The Morgan fingerprint density at radius 1 is 1.06 bits per heavy atom. The average Bonchev–Trinajstić information content (AvgIpc) is 3.58. The third-order valence-corrected chi connectivity index (χ3v) is 8.63. The molecule has 0 aromatic carbocycles. The molecular formula is C37H53N7O3. The molecule has 2 amide bonds. The van der Waals surface area contributed by atoms with Crippen LogP contribution in [0.15, 0.2) is 74.8 Å². The number of hydrogen-bond acceptors (Lipinski definition) is 7. The molecule has 1 unspecified atom stereocenters. The number of hydrogen-bond donors (Lipinski definition) is 2. The molecule has 2 N–H and O–H groups in total. The second-order valence-electron chi connectivity index (χ2n) is 12.8. The van der Waals surface area contributed by atoms with Crippen molar-refractivity contribution in [3.05, 3.63) is 70.4 Å². The first kappa shape index (κ1) is 36.0. The van der Waals surface area contributed by atoms with E-state index in [0.29, 0.717) is 35.1 Å². The van der Waals surface area contributed by atoms with Gasteiger partial charge in [0.1, 0.15) is 0 Å². The molecule has 2 saturated heterocycles. The van der Waals surface area contributed by atoms with Gasteiger partial charge in [-0.05, 0) is 96.2 Å². The maximum absolute atomic E-state index is 13.8. The zero-order chi connectivity index (χ0) is 33.6. The zero-order valence-electron chi connectivity index (χ0n) is 28.9. The Labute approximate surface area is 280 Å². The predicted octanol–water partition coefficient (Wildman–Crippen LogP) is 6.08. The maximum atomic E-state index is 13.8. The first-order valence-corrected chi connectivity index (χ1v) is 17.3. The molecule has 1 atom stereocenters. The molecule has 0 spiro atoms. The van der Waals surface area contributed by atoms with Crippen molar-refractivity contribution in [2.45, 2.75) is 98.1 Å². The summed E-state index contributed by atoms with van der Waals surface area (Å²) in [6, 6.07) is 0.162. The van der Waals surface area contributed by atoms with Crippen LogP contribution >= 0.6 is 0 Å². The summed E-state index contributed by atoms with van der Waals surface area (Å²) in [5.74, 6) is -0.337. The van der Waals surface area contributed by atoms with Crippen LogP contribution in [0.4, 0.5) is 0 Å². The third kappa shape index (κ3) is 11.1. The molecule has 4 heterocycles. The van der Waals surface area contributed by atoms with E-state index in [-0.39, 0.29) is 17.9 Å². The molecule has 0 aliphatic carbocycles. The Hall–Kier alpha value is -3.89. The highest BCUT2D eigenvalue weighted by Gasteiger charge is 2.20.